The number of benzene rings is 2. The first-order chi connectivity index (χ1) is 15.3. The molecule has 0 amide bonds. The van der Waals surface area contributed by atoms with Crippen molar-refractivity contribution in [1.29, 1.82) is 0 Å². The quantitative estimate of drug-likeness (QED) is 0.490. The highest BCUT2D eigenvalue weighted by Crippen LogP contribution is 2.47. The van der Waals surface area contributed by atoms with Crippen LogP contribution in [0.25, 0.3) is 0 Å². The Kier molecular flexibility index (Phi) is 5.69. The summed E-state index contributed by atoms with van der Waals surface area (Å²) in [6.07, 6.45) is -6.16. The fraction of sp³-hybridized carbons (Fsp3) is 0.478. The molecule has 9 heteroatoms. The van der Waals surface area contributed by atoms with Crippen molar-refractivity contribution in [1.82, 2.24) is 0 Å². The zero-order valence-electron chi connectivity index (χ0n) is 17.4. The van der Waals surface area contributed by atoms with Crippen LogP contribution >= 0.6 is 15.9 Å². The smallest absolute Gasteiger partial charge is 0.225 e. The zero-order chi connectivity index (χ0) is 22.6. The summed E-state index contributed by atoms with van der Waals surface area (Å²) in [4.78, 5) is 0. The fourth-order valence-electron chi connectivity index (χ4n) is 4.59. The van der Waals surface area contributed by atoms with Crippen LogP contribution in [0.5, 0.6) is 11.5 Å². The van der Waals surface area contributed by atoms with Gasteiger partial charge in [-0.05, 0) is 54.3 Å². The summed E-state index contributed by atoms with van der Waals surface area (Å²) in [6.45, 7) is 2.65. The molecule has 8 nitrogen and oxygen atoms in total. The third kappa shape index (κ3) is 3.52. The minimum Gasteiger partial charge on any atom is -0.486 e. The summed E-state index contributed by atoms with van der Waals surface area (Å²) in [5.41, 5.74) is 3.27. The van der Waals surface area contributed by atoms with E-state index < -0.39 is 36.3 Å². The molecule has 0 saturated carbocycles. The number of hydrogen-bond donors (Lipinski definition) is 4. The Bertz CT molecular complexity index is 1030. The highest BCUT2D eigenvalue weighted by atomic mass is 79.9. The lowest BCUT2D eigenvalue weighted by Crippen LogP contribution is -2.64. The molecule has 3 aliphatic rings. The molecule has 1 saturated heterocycles. The summed E-state index contributed by atoms with van der Waals surface area (Å²) in [5.74, 6) is -0.262. The van der Waals surface area contributed by atoms with Gasteiger partial charge in [-0.2, -0.15) is 0 Å². The van der Waals surface area contributed by atoms with Gasteiger partial charge in [0.05, 0.1) is 12.7 Å². The molecule has 3 heterocycles. The minimum absolute atomic E-state index is 0.157. The van der Waals surface area contributed by atoms with Crippen LogP contribution in [-0.2, 0) is 28.3 Å². The molecular weight excluding hydrogens is 484 g/mol. The molecule has 6 atom stereocenters. The first-order valence-corrected chi connectivity index (χ1v) is 11.3. The first-order valence-electron chi connectivity index (χ1n) is 10.5. The molecule has 2 aromatic rings. The number of aliphatic hydroxyl groups excluding tert-OH is 4. The molecule has 172 valence electrons. The van der Waals surface area contributed by atoms with Crippen molar-refractivity contribution in [3.63, 3.8) is 0 Å². The number of hydrogen-bond acceptors (Lipinski definition) is 8. The van der Waals surface area contributed by atoms with Crippen LogP contribution in [-0.4, -0.2) is 64.2 Å². The van der Waals surface area contributed by atoms with E-state index in [0.29, 0.717) is 30.9 Å². The fourth-order valence-corrected chi connectivity index (χ4v) is 5.12. The maximum atomic E-state index is 10.8. The number of aliphatic hydroxyl groups is 4. The first kappa shape index (κ1) is 22.1. The molecule has 2 aromatic carbocycles. The second-order valence-corrected chi connectivity index (χ2v) is 9.32. The molecule has 0 aromatic heterocycles. The average molecular weight is 509 g/mol. The molecule has 0 bridgehead atoms. The van der Waals surface area contributed by atoms with E-state index >= 15 is 0 Å². The average Bonchev–Trinajstić information content (AvgIpc) is 3.13. The lowest BCUT2D eigenvalue weighted by molar-refractivity contribution is -0.374. The molecule has 4 N–H and O–H groups in total. The van der Waals surface area contributed by atoms with Gasteiger partial charge in [0.1, 0.15) is 37.6 Å². The van der Waals surface area contributed by atoms with Gasteiger partial charge in [-0.15, -0.1) is 0 Å². The lowest BCUT2D eigenvalue weighted by Gasteiger charge is -2.47. The van der Waals surface area contributed by atoms with Crippen molar-refractivity contribution in [3.8, 4) is 11.5 Å². The van der Waals surface area contributed by atoms with E-state index in [-0.39, 0.29) is 6.61 Å². The number of ether oxygens (including phenoxy) is 4. The van der Waals surface area contributed by atoms with Crippen LogP contribution in [0.4, 0.5) is 0 Å². The lowest BCUT2D eigenvalue weighted by atomic mass is 9.85. The Labute approximate surface area is 193 Å². The second kappa shape index (κ2) is 8.25. The van der Waals surface area contributed by atoms with E-state index in [0.717, 1.165) is 26.9 Å². The second-order valence-electron chi connectivity index (χ2n) is 8.46. The summed E-state index contributed by atoms with van der Waals surface area (Å²) in [7, 11) is 0. The molecule has 3 aliphatic heterocycles. The standard InChI is InChI=1S/C23H25BrO8/c1-11(25)21-19(26)20(27)22(28)23(32-21)15-8-13(16(24)9-14(15)10-31-23)6-12-2-3-17-18(7-12)30-5-4-29-17/h2-3,7-9,11,19-22,25-28H,4-6,10H2,1H3/t11-,19+,20+,21-,22-,23+/m1/s1. The Morgan fingerprint density at radius 3 is 2.56 bits per heavy atom. The van der Waals surface area contributed by atoms with Gasteiger partial charge in [-0.1, -0.05) is 22.0 Å². The minimum atomic E-state index is -1.68. The van der Waals surface area contributed by atoms with Gasteiger partial charge in [-0.25, -0.2) is 0 Å². The molecular formula is C23H25BrO8. The highest BCUT2D eigenvalue weighted by molar-refractivity contribution is 9.10. The Hall–Kier alpha value is -1.72. The number of halogens is 1. The third-order valence-electron chi connectivity index (χ3n) is 6.28. The maximum Gasteiger partial charge on any atom is 0.225 e. The predicted molar refractivity (Wildman–Crippen MR) is 115 cm³/mol. The predicted octanol–water partition coefficient (Wildman–Crippen LogP) is 1.36. The summed E-state index contributed by atoms with van der Waals surface area (Å²) < 4.78 is 24.0. The van der Waals surface area contributed by atoms with Crippen LogP contribution in [0.3, 0.4) is 0 Å². The van der Waals surface area contributed by atoms with E-state index in [1.807, 2.05) is 30.3 Å². The maximum absolute atomic E-state index is 10.8. The Morgan fingerprint density at radius 1 is 1.06 bits per heavy atom. The van der Waals surface area contributed by atoms with E-state index in [4.69, 9.17) is 18.9 Å². The van der Waals surface area contributed by atoms with E-state index in [1.165, 1.54) is 6.92 Å². The SMILES string of the molecule is C[C@@H](O)[C@H]1O[C@]2(OCc3cc(Br)c(Cc4ccc5c(c4)OCCO5)cc32)[C@H](O)[C@@H](O)[C@@H]1O. The zero-order valence-corrected chi connectivity index (χ0v) is 19.0. The van der Waals surface area contributed by atoms with Gasteiger partial charge >= 0.3 is 0 Å². The normalized spacial score (nSPS) is 32.1. The Morgan fingerprint density at radius 2 is 1.81 bits per heavy atom. The van der Waals surface area contributed by atoms with E-state index in [2.05, 4.69) is 15.9 Å². The van der Waals surface area contributed by atoms with Gasteiger partial charge in [0.15, 0.2) is 11.5 Å². The third-order valence-corrected chi connectivity index (χ3v) is 7.02. The van der Waals surface area contributed by atoms with E-state index in [1.54, 1.807) is 0 Å². The summed E-state index contributed by atoms with van der Waals surface area (Å²) >= 11 is 3.62. The van der Waals surface area contributed by atoms with Gasteiger partial charge < -0.3 is 39.4 Å². The Balaban J connectivity index is 1.51. The highest BCUT2D eigenvalue weighted by Gasteiger charge is 2.59. The number of fused-ring (bicyclic) bond motifs is 3. The largest absolute Gasteiger partial charge is 0.486 e. The molecule has 0 unspecified atom stereocenters. The number of rotatable bonds is 3. The van der Waals surface area contributed by atoms with Crippen LogP contribution in [0.2, 0.25) is 0 Å². The van der Waals surface area contributed by atoms with Crippen molar-refractivity contribution in [2.75, 3.05) is 13.2 Å². The molecule has 32 heavy (non-hydrogen) atoms. The summed E-state index contributed by atoms with van der Waals surface area (Å²) in [5, 5.41) is 41.7. The van der Waals surface area contributed by atoms with Gasteiger partial charge in [-0.3, -0.25) is 0 Å². The van der Waals surface area contributed by atoms with Crippen molar-refractivity contribution >= 4 is 15.9 Å². The van der Waals surface area contributed by atoms with Crippen LogP contribution in [0.1, 0.15) is 29.2 Å². The molecule has 0 radical (unpaired) electrons. The molecule has 5 rings (SSSR count). The van der Waals surface area contributed by atoms with Crippen molar-refractivity contribution in [2.24, 2.45) is 0 Å². The van der Waals surface area contributed by atoms with Gasteiger partial charge in [0, 0.05) is 10.0 Å². The van der Waals surface area contributed by atoms with Crippen molar-refractivity contribution < 1.29 is 39.4 Å². The topological polar surface area (TPSA) is 118 Å². The van der Waals surface area contributed by atoms with Crippen LogP contribution < -0.4 is 9.47 Å². The van der Waals surface area contributed by atoms with Gasteiger partial charge in [0.25, 0.3) is 0 Å². The van der Waals surface area contributed by atoms with Crippen LogP contribution in [0, 0.1) is 0 Å². The monoisotopic (exact) mass is 508 g/mol. The van der Waals surface area contributed by atoms with Crippen molar-refractivity contribution in [2.45, 2.75) is 56.3 Å². The van der Waals surface area contributed by atoms with Crippen LogP contribution in [0.15, 0.2) is 34.8 Å². The van der Waals surface area contributed by atoms with E-state index in [9.17, 15) is 20.4 Å². The summed E-state index contributed by atoms with van der Waals surface area (Å²) in [6, 6.07) is 9.57. The molecule has 1 fully saturated rings. The molecule has 1 spiro atoms. The van der Waals surface area contributed by atoms with Crippen molar-refractivity contribution in [3.05, 3.63) is 57.1 Å². The molecule has 0 aliphatic carbocycles. The van der Waals surface area contributed by atoms with Gasteiger partial charge in [0.2, 0.25) is 5.79 Å².